The minimum Gasteiger partial charge on any atom is -0.319 e. The van der Waals surface area contributed by atoms with Crippen LogP contribution in [0.5, 0.6) is 0 Å². The van der Waals surface area contributed by atoms with Crippen LogP contribution in [0.4, 0.5) is 0 Å². The Balaban J connectivity index is 1.95. The van der Waals surface area contributed by atoms with Crippen LogP contribution in [0.25, 0.3) is 11.0 Å². The standard InChI is InChI=1S/C16H15ClN2S/c17-10-16-18-12-4-1-2-5-14(12)19(16)13-6-3-7-15-11(13)8-9-20-15/h1-2,4-5,8-9,13H,3,6-7,10H2. The lowest BCUT2D eigenvalue weighted by Crippen LogP contribution is -2.17. The van der Waals surface area contributed by atoms with Gasteiger partial charge >= 0.3 is 0 Å². The van der Waals surface area contributed by atoms with Crippen LogP contribution in [0, 0.1) is 0 Å². The number of hydrogen-bond donors (Lipinski definition) is 0. The maximum atomic E-state index is 6.14. The number of imidazole rings is 1. The first-order valence-electron chi connectivity index (χ1n) is 6.96. The predicted octanol–water partition coefficient (Wildman–Crippen LogP) is 4.76. The first-order valence-corrected chi connectivity index (χ1v) is 8.38. The molecular weight excluding hydrogens is 288 g/mol. The monoisotopic (exact) mass is 302 g/mol. The predicted molar refractivity (Wildman–Crippen MR) is 84.7 cm³/mol. The summed E-state index contributed by atoms with van der Waals surface area (Å²) in [6.45, 7) is 0. The molecule has 1 atom stereocenters. The average molecular weight is 303 g/mol. The fourth-order valence-electron chi connectivity index (χ4n) is 3.27. The van der Waals surface area contributed by atoms with Crippen molar-refractivity contribution < 1.29 is 0 Å². The highest BCUT2D eigenvalue weighted by Gasteiger charge is 2.26. The molecule has 0 amide bonds. The zero-order valence-electron chi connectivity index (χ0n) is 11.1. The zero-order chi connectivity index (χ0) is 13.5. The van der Waals surface area contributed by atoms with Crippen LogP contribution in [-0.4, -0.2) is 9.55 Å². The number of aryl methyl sites for hydroxylation is 1. The first-order chi connectivity index (χ1) is 9.88. The van der Waals surface area contributed by atoms with Crippen LogP contribution in [-0.2, 0) is 12.3 Å². The Labute approximate surface area is 127 Å². The van der Waals surface area contributed by atoms with E-state index in [0.717, 1.165) is 11.3 Å². The number of rotatable bonds is 2. The third-order valence-corrected chi connectivity index (χ3v) is 5.36. The van der Waals surface area contributed by atoms with Crippen molar-refractivity contribution >= 4 is 34.0 Å². The van der Waals surface area contributed by atoms with E-state index < -0.39 is 0 Å². The minimum atomic E-state index is 0.395. The van der Waals surface area contributed by atoms with Crippen LogP contribution in [0.3, 0.4) is 0 Å². The normalized spacial score (nSPS) is 18.4. The largest absolute Gasteiger partial charge is 0.319 e. The molecule has 4 heteroatoms. The summed E-state index contributed by atoms with van der Waals surface area (Å²) in [5, 5.41) is 2.21. The third-order valence-electron chi connectivity index (χ3n) is 4.12. The average Bonchev–Trinajstić information content (AvgIpc) is 3.10. The summed E-state index contributed by atoms with van der Waals surface area (Å²) in [6, 6.07) is 11.0. The Bertz CT molecular complexity index is 759. The molecule has 1 aromatic carbocycles. The number of halogens is 1. The number of aromatic nitrogens is 2. The summed E-state index contributed by atoms with van der Waals surface area (Å²) in [5.74, 6) is 1.45. The van der Waals surface area contributed by atoms with Gasteiger partial charge in [0, 0.05) is 4.88 Å². The number of nitrogens with zero attached hydrogens (tertiary/aromatic N) is 2. The number of thiophene rings is 1. The van der Waals surface area contributed by atoms with E-state index in [1.54, 1.807) is 0 Å². The van der Waals surface area contributed by atoms with Gasteiger partial charge in [-0.1, -0.05) is 12.1 Å². The molecule has 2 aromatic heterocycles. The van der Waals surface area contributed by atoms with E-state index in [1.807, 2.05) is 17.4 Å². The van der Waals surface area contributed by atoms with E-state index in [9.17, 15) is 0 Å². The molecule has 0 spiro atoms. The summed E-state index contributed by atoms with van der Waals surface area (Å²) < 4.78 is 2.35. The molecule has 3 aromatic rings. The molecule has 0 fully saturated rings. The van der Waals surface area contributed by atoms with E-state index in [-0.39, 0.29) is 0 Å². The quantitative estimate of drug-likeness (QED) is 0.624. The molecular formula is C16H15ClN2S. The first kappa shape index (κ1) is 12.4. The molecule has 4 rings (SSSR count). The van der Waals surface area contributed by atoms with Crippen molar-refractivity contribution in [3.63, 3.8) is 0 Å². The third kappa shape index (κ3) is 1.80. The number of hydrogen-bond acceptors (Lipinski definition) is 2. The second-order valence-electron chi connectivity index (χ2n) is 5.23. The second-order valence-corrected chi connectivity index (χ2v) is 6.50. The van der Waals surface area contributed by atoms with E-state index >= 15 is 0 Å². The van der Waals surface area contributed by atoms with Gasteiger partial charge in [0.15, 0.2) is 0 Å². The molecule has 0 N–H and O–H groups in total. The topological polar surface area (TPSA) is 17.8 Å². The van der Waals surface area contributed by atoms with Gasteiger partial charge in [-0.15, -0.1) is 22.9 Å². The molecule has 102 valence electrons. The van der Waals surface area contributed by atoms with Gasteiger partial charge in [0.25, 0.3) is 0 Å². The molecule has 20 heavy (non-hydrogen) atoms. The number of benzene rings is 1. The molecule has 0 saturated carbocycles. The highest BCUT2D eigenvalue weighted by Crippen LogP contribution is 2.38. The molecule has 1 aliphatic rings. The summed E-state index contributed by atoms with van der Waals surface area (Å²) in [5.41, 5.74) is 3.72. The second kappa shape index (κ2) is 4.90. The Morgan fingerprint density at radius 1 is 1.30 bits per heavy atom. The van der Waals surface area contributed by atoms with E-state index in [0.29, 0.717) is 11.9 Å². The zero-order valence-corrected chi connectivity index (χ0v) is 12.6. The van der Waals surface area contributed by atoms with Gasteiger partial charge in [-0.05, 0) is 48.4 Å². The molecule has 0 aliphatic heterocycles. The van der Waals surface area contributed by atoms with E-state index in [2.05, 4.69) is 34.2 Å². The highest BCUT2D eigenvalue weighted by atomic mass is 35.5. The van der Waals surface area contributed by atoms with Crippen LogP contribution < -0.4 is 0 Å². The maximum Gasteiger partial charge on any atom is 0.125 e. The summed E-state index contributed by atoms with van der Waals surface area (Å²) in [6.07, 6.45) is 3.63. The van der Waals surface area contributed by atoms with Crippen LogP contribution >= 0.6 is 22.9 Å². The van der Waals surface area contributed by atoms with Crippen molar-refractivity contribution in [2.24, 2.45) is 0 Å². The minimum absolute atomic E-state index is 0.395. The van der Waals surface area contributed by atoms with Gasteiger partial charge in [-0.25, -0.2) is 4.98 Å². The summed E-state index contributed by atoms with van der Waals surface area (Å²) in [7, 11) is 0. The molecule has 2 heterocycles. The van der Waals surface area contributed by atoms with Crippen LogP contribution in [0.15, 0.2) is 35.7 Å². The highest BCUT2D eigenvalue weighted by molar-refractivity contribution is 7.10. The molecule has 0 bridgehead atoms. The summed E-state index contributed by atoms with van der Waals surface area (Å²) >= 11 is 8.02. The molecule has 0 saturated heterocycles. The lowest BCUT2D eigenvalue weighted by molar-refractivity contribution is 0.495. The van der Waals surface area contributed by atoms with Gasteiger partial charge in [0.2, 0.25) is 0 Å². The van der Waals surface area contributed by atoms with Crippen molar-refractivity contribution in [3.05, 3.63) is 52.0 Å². The number of alkyl halides is 1. The van der Waals surface area contributed by atoms with Crippen molar-refractivity contribution in [1.82, 2.24) is 9.55 Å². The maximum absolute atomic E-state index is 6.14. The van der Waals surface area contributed by atoms with E-state index in [4.69, 9.17) is 16.6 Å². The molecule has 2 nitrogen and oxygen atoms in total. The van der Waals surface area contributed by atoms with Gasteiger partial charge < -0.3 is 4.57 Å². The smallest absolute Gasteiger partial charge is 0.125 e. The van der Waals surface area contributed by atoms with Gasteiger partial charge in [0.1, 0.15) is 5.82 Å². The Hall–Kier alpha value is -1.32. The number of fused-ring (bicyclic) bond motifs is 2. The Kier molecular flexibility index (Phi) is 3.04. The van der Waals surface area contributed by atoms with E-state index in [1.165, 1.54) is 35.2 Å². The van der Waals surface area contributed by atoms with Crippen LogP contribution in [0.1, 0.15) is 35.1 Å². The fraction of sp³-hybridized carbons (Fsp3) is 0.312. The molecule has 0 radical (unpaired) electrons. The van der Waals surface area contributed by atoms with Crippen LogP contribution in [0.2, 0.25) is 0 Å². The summed E-state index contributed by atoms with van der Waals surface area (Å²) in [4.78, 5) is 6.23. The van der Waals surface area contributed by atoms with Crippen molar-refractivity contribution in [2.45, 2.75) is 31.2 Å². The fourth-order valence-corrected chi connectivity index (χ4v) is 4.44. The Morgan fingerprint density at radius 2 is 2.20 bits per heavy atom. The molecule has 1 aliphatic carbocycles. The van der Waals surface area contributed by atoms with Crippen molar-refractivity contribution in [1.29, 1.82) is 0 Å². The lowest BCUT2D eigenvalue weighted by Gasteiger charge is -2.26. The van der Waals surface area contributed by atoms with Crippen molar-refractivity contribution in [2.75, 3.05) is 0 Å². The van der Waals surface area contributed by atoms with Gasteiger partial charge in [0.05, 0.1) is 23.0 Å². The van der Waals surface area contributed by atoms with Gasteiger partial charge in [-0.2, -0.15) is 0 Å². The molecule has 1 unspecified atom stereocenters. The number of para-hydroxylation sites is 2. The SMILES string of the molecule is ClCc1nc2ccccc2n1C1CCCc2sccc21. The lowest BCUT2D eigenvalue weighted by atomic mass is 9.93. The Morgan fingerprint density at radius 3 is 3.10 bits per heavy atom. The van der Waals surface area contributed by atoms with Crippen molar-refractivity contribution in [3.8, 4) is 0 Å². The van der Waals surface area contributed by atoms with Gasteiger partial charge in [-0.3, -0.25) is 0 Å².